The smallest absolute Gasteiger partial charge is 0.113 e. The number of hydrogen-bond donors (Lipinski definition) is 1. The monoisotopic (exact) mass is 330 g/mol. The summed E-state index contributed by atoms with van der Waals surface area (Å²) in [5.41, 5.74) is 4.18. The van der Waals surface area contributed by atoms with E-state index in [0.29, 0.717) is 0 Å². The first-order valence-electron chi connectivity index (χ1n) is 6.59. The van der Waals surface area contributed by atoms with Crippen LogP contribution in [-0.4, -0.2) is 21.5 Å². The van der Waals surface area contributed by atoms with Crippen molar-refractivity contribution in [2.24, 2.45) is 0 Å². The summed E-state index contributed by atoms with van der Waals surface area (Å²) in [7, 11) is 0. The molecule has 0 aliphatic heterocycles. The van der Waals surface area contributed by atoms with Gasteiger partial charge in [-0.1, -0.05) is 40.2 Å². The van der Waals surface area contributed by atoms with E-state index in [1.54, 1.807) is 0 Å². The van der Waals surface area contributed by atoms with Gasteiger partial charge in [-0.15, -0.1) is 5.10 Å². The van der Waals surface area contributed by atoms with E-state index < -0.39 is 0 Å². The third-order valence-corrected chi connectivity index (χ3v) is 3.68. The third kappa shape index (κ3) is 2.46. The van der Waals surface area contributed by atoms with Gasteiger partial charge in [0.1, 0.15) is 5.52 Å². The van der Waals surface area contributed by atoms with E-state index in [1.165, 1.54) is 5.56 Å². The van der Waals surface area contributed by atoms with Crippen LogP contribution >= 0.6 is 15.9 Å². The Kier molecular flexibility index (Phi) is 3.80. The molecule has 1 N–H and O–H groups in total. The molecular formula is C15H15BrN4. The van der Waals surface area contributed by atoms with Gasteiger partial charge in [-0.2, -0.15) is 0 Å². The van der Waals surface area contributed by atoms with Crippen molar-refractivity contribution < 1.29 is 0 Å². The predicted octanol–water partition coefficient (Wildman–Crippen LogP) is 3.29. The van der Waals surface area contributed by atoms with Crippen molar-refractivity contribution in [3.8, 4) is 5.69 Å². The molecule has 1 heterocycles. The summed E-state index contributed by atoms with van der Waals surface area (Å²) in [6.45, 7) is 3.84. The zero-order chi connectivity index (χ0) is 13.9. The molecular weight excluding hydrogens is 316 g/mol. The van der Waals surface area contributed by atoms with Crippen molar-refractivity contribution in [3.63, 3.8) is 0 Å². The summed E-state index contributed by atoms with van der Waals surface area (Å²) in [5.74, 6) is 0. The topological polar surface area (TPSA) is 42.7 Å². The first-order chi connectivity index (χ1) is 9.79. The van der Waals surface area contributed by atoms with Gasteiger partial charge in [0, 0.05) is 11.0 Å². The second kappa shape index (κ2) is 5.73. The van der Waals surface area contributed by atoms with E-state index in [9.17, 15) is 0 Å². The van der Waals surface area contributed by atoms with E-state index in [1.807, 2.05) is 35.0 Å². The molecule has 0 saturated carbocycles. The standard InChI is InChI=1S/C15H15BrN4/c1-2-17-10-11-9-12(16)7-8-14(11)20-15-6-4-3-5-13(15)18-19-20/h3-9,17H,2,10H2,1H3. The molecule has 2 aromatic carbocycles. The maximum absolute atomic E-state index is 4.29. The van der Waals surface area contributed by atoms with Crippen LogP contribution in [0.2, 0.25) is 0 Å². The van der Waals surface area contributed by atoms with Crippen LogP contribution in [0.3, 0.4) is 0 Å². The van der Waals surface area contributed by atoms with Crippen LogP contribution in [0.4, 0.5) is 0 Å². The molecule has 20 heavy (non-hydrogen) atoms. The van der Waals surface area contributed by atoms with Crippen molar-refractivity contribution in [1.82, 2.24) is 20.3 Å². The van der Waals surface area contributed by atoms with E-state index in [-0.39, 0.29) is 0 Å². The van der Waals surface area contributed by atoms with Gasteiger partial charge < -0.3 is 5.32 Å². The molecule has 3 rings (SSSR count). The van der Waals surface area contributed by atoms with Crippen molar-refractivity contribution in [1.29, 1.82) is 0 Å². The second-order valence-corrected chi connectivity index (χ2v) is 5.46. The van der Waals surface area contributed by atoms with Crippen LogP contribution in [0.1, 0.15) is 12.5 Å². The highest BCUT2D eigenvalue weighted by atomic mass is 79.9. The Hall–Kier alpha value is -1.72. The number of hydrogen-bond acceptors (Lipinski definition) is 3. The molecule has 0 amide bonds. The zero-order valence-corrected chi connectivity index (χ0v) is 12.8. The fourth-order valence-electron chi connectivity index (χ4n) is 2.21. The van der Waals surface area contributed by atoms with Crippen LogP contribution in [0.5, 0.6) is 0 Å². The number of aromatic nitrogens is 3. The lowest BCUT2D eigenvalue weighted by molar-refractivity contribution is 0.714. The molecule has 3 aromatic rings. The largest absolute Gasteiger partial charge is 0.313 e. The average molecular weight is 331 g/mol. The SMILES string of the molecule is CCNCc1cc(Br)ccc1-n1nnc2ccccc21. The number of rotatable bonds is 4. The van der Waals surface area contributed by atoms with E-state index in [2.05, 4.69) is 50.6 Å². The van der Waals surface area contributed by atoms with Gasteiger partial charge in [0.25, 0.3) is 0 Å². The van der Waals surface area contributed by atoms with E-state index in [0.717, 1.165) is 34.3 Å². The van der Waals surface area contributed by atoms with Gasteiger partial charge in [-0.25, -0.2) is 4.68 Å². The molecule has 102 valence electrons. The molecule has 0 unspecified atom stereocenters. The number of nitrogens with zero attached hydrogens (tertiary/aromatic N) is 3. The summed E-state index contributed by atoms with van der Waals surface area (Å²) in [6.07, 6.45) is 0. The fourth-order valence-corrected chi connectivity index (χ4v) is 2.62. The lowest BCUT2D eigenvalue weighted by atomic mass is 10.1. The molecule has 5 heteroatoms. The first kappa shape index (κ1) is 13.3. The summed E-state index contributed by atoms with van der Waals surface area (Å²) < 4.78 is 2.97. The summed E-state index contributed by atoms with van der Waals surface area (Å²) in [6, 6.07) is 14.2. The summed E-state index contributed by atoms with van der Waals surface area (Å²) in [5, 5.41) is 11.9. The Morgan fingerprint density at radius 3 is 2.90 bits per heavy atom. The third-order valence-electron chi connectivity index (χ3n) is 3.19. The average Bonchev–Trinajstić information content (AvgIpc) is 2.89. The Morgan fingerprint density at radius 2 is 2.05 bits per heavy atom. The van der Waals surface area contributed by atoms with Crippen molar-refractivity contribution in [2.45, 2.75) is 13.5 Å². The van der Waals surface area contributed by atoms with Crippen molar-refractivity contribution >= 4 is 27.0 Å². The van der Waals surface area contributed by atoms with Gasteiger partial charge in [0.15, 0.2) is 0 Å². The van der Waals surface area contributed by atoms with Crippen LogP contribution in [0.25, 0.3) is 16.7 Å². The maximum Gasteiger partial charge on any atom is 0.113 e. The zero-order valence-electron chi connectivity index (χ0n) is 11.2. The van der Waals surface area contributed by atoms with Crippen LogP contribution in [0, 0.1) is 0 Å². The first-order valence-corrected chi connectivity index (χ1v) is 7.39. The van der Waals surface area contributed by atoms with Gasteiger partial charge >= 0.3 is 0 Å². The Morgan fingerprint density at radius 1 is 1.20 bits per heavy atom. The van der Waals surface area contributed by atoms with E-state index >= 15 is 0 Å². The minimum Gasteiger partial charge on any atom is -0.313 e. The number of benzene rings is 2. The summed E-state index contributed by atoms with van der Waals surface area (Å²) in [4.78, 5) is 0. The number of para-hydroxylation sites is 1. The maximum atomic E-state index is 4.29. The lowest BCUT2D eigenvalue weighted by Gasteiger charge is -2.11. The minimum atomic E-state index is 0.805. The molecule has 0 radical (unpaired) electrons. The van der Waals surface area contributed by atoms with Gasteiger partial charge in [0.05, 0.1) is 11.2 Å². The number of halogens is 1. The van der Waals surface area contributed by atoms with Gasteiger partial charge in [-0.05, 0) is 42.4 Å². The van der Waals surface area contributed by atoms with Crippen LogP contribution in [-0.2, 0) is 6.54 Å². The molecule has 0 saturated heterocycles. The molecule has 0 aliphatic rings. The fraction of sp³-hybridized carbons (Fsp3) is 0.200. The summed E-state index contributed by atoms with van der Waals surface area (Å²) >= 11 is 3.53. The lowest BCUT2D eigenvalue weighted by Crippen LogP contribution is -2.14. The molecule has 1 aromatic heterocycles. The normalized spacial score (nSPS) is 11.1. The molecule has 0 aliphatic carbocycles. The number of nitrogens with one attached hydrogen (secondary N) is 1. The molecule has 0 spiro atoms. The van der Waals surface area contributed by atoms with Gasteiger partial charge in [-0.3, -0.25) is 0 Å². The number of fused-ring (bicyclic) bond motifs is 1. The molecule has 0 bridgehead atoms. The Bertz CT molecular complexity index is 736. The van der Waals surface area contributed by atoms with E-state index in [4.69, 9.17) is 0 Å². The molecule has 4 nitrogen and oxygen atoms in total. The molecule has 0 fully saturated rings. The van der Waals surface area contributed by atoms with Crippen molar-refractivity contribution in [2.75, 3.05) is 6.54 Å². The van der Waals surface area contributed by atoms with Gasteiger partial charge in [0.2, 0.25) is 0 Å². The quantitative estimate of drug-likeness (QED) is 0.798. The van der Waals surface area contributed by atoms with Crippen molar-refractivity contribution in [3.05, 3.63) is 52.5 Å². The van der Waals surface area contributed by atoms with Crippen LogP contribution in [0.15, 0.2) is 46.9 Å². The Balaban J connectivity index is 2.13. The highest BCUT2D eigenvalue weighted by Crippen LogP contribution is 2.22. The Labute approximate surface area is 125 Å². The minimum absolute atomic E-state index is 0.805. The highest BCUT2D eigenvalue weighted by molar-refractivity contribution is 9.10. The highest BCUT2D eigenvalue weighted by Gasteiger charge is 2.10. The predicted molar refractivity (Wildman–Crippen MR) is 83.9 cm³/mol. The van der Waals surface area contributed by atoms with Crippen LogP contribution < -0.4 is 5.32 Å². The molecule has 0 atom stereocenters. The second-order valence-electron chi connectivity index (χ2n) is 4.54.